The summed E-state index contributed by atoms with van der Waals surface area (Å²) < 4.78 is 25.2. The van der Waals surface area contributed by atoms with E-state index in [0.717, 1.165) is 30.5 Å². The zero-order chi connectivity index (χ0) is 19.4. The van der Waals surface area contributed by atoms with Gasteiger partial charge >= 0.3 is 0 Å². The van der Waals surface area contributed by atoms with Crippen molar-refractivity contribution in [2.45, 2.75) is 50.0 Å². The molecular weight excluding hydrogens is 357 g/mol. The number of hydrogen-bond acceptors (Lipinski definition) is 4. The second-order valence-corrected chi connectivity index (χ2v) is 7.93. The second kappa shape index (κ2) is 8.60. The van der Waals surface area contributed by atoms with Gasteiger partial charge in [-0.1, -0.05) is 30.3 Å². The normalized spacial score (nSPS) is 29.9. The van der Waals surface area contributed by atoms with Crippen molar-refractivity contribution in [2.75, 3.05) is 18.5 Å². The highest BCUT2D eigenvalue weighted by Crippen LogP contribution is 2.42. The van der Waals surface area contributed by atoms with Crippen molar-refractivity contribution in [3.05, 3.63) is 66.0 Å². The first-order chi connectivity index (χ1) is 13.6. The van der Waals surface area contributed by atoms with Crippen molar-refractivity contribution in [3.63, 3.8) is 0 Å². The van der Waals surface area contributed by atoms with E-state index in [0.29, 0.717) is 26.2 Å². The van der Waals surface area contributed by atoms with Crippen LogP contribution < -0.4 is 5.32 Å². The topological polar surface area (TPSA) is 50.7 Å². The molecule has 0 spiro atoms. The van der Waals surface area contributed by atoms with Crippen LogP contribution in [0.2, 0.25) is 0 Å². The van der Waals surface area contributed by atoms with Gasteiger partial charge < -0.3 is 19.9 Å². The van der Waals surface area contributed by atoms with E-state index in [-0.39, 0.29) is 23.9 Å². The third kappa shape index (κ3) is 4.22. The minimum Gasteiger partial charge on any atom is -0.385 e. The molecule has 0 amide bonds. The molecule has 28 heavy (non-hydrogen) atoms. The Morgan fingerprint density at radius 3 is 2.68 bits per heavy atom. The maximum absolute atomic E-state index is 13.2. The third-order valence-corrected chi connectivity index (χ3v) is 6.00. The van der Waals surface area contributed by atoms with Gasteiger partial charge in [-0.05, 0) is 55.5 Å². The van der Waals surface area contributed by atoms with Gasteiger partial charge in [0.2, 0.25) is 0 Å². The maximum atomic E-state index is 13.2. The van der Waals surface area contributed by atoms with Crippen LogP contribution >= 0.6 is 0 Å². The van der Waals surface area contributed by atoms with Crippen LogP contribution in [-0.2, 0) is 16.1 Å². The zero-order valence-corrected chi connectivity index (χ0v) is 16.0. The molecule has 4 rings (SSSR count). The van der Waals surface area contributed by atoms with Crippen LogP contribution in [0.1, 0.15) is 31.2 Å². The van der Waals surface area contributed by atoms with Crippen LogP contribution in [0, 0.1) is 11.7 Å². The van der Waals surface area contributed by atoms with Gasteiger partial charge in [0.15, 0.2) is 0 Å². The summed E-state index contributed by atoms with van der Waals surface area (Å²) in [5, 5.41) is 14.9. The van der Waals surface area contributed by atoms with Gasteiger partial charge in [0.25, 0.3) is 0 Å². The van der Waals surface area contributed by atoms with Gasteiger partial charge in [0.05, 0.1) is 25.4 Å². The molecule has 3 unspecified atom stereocenters. The number of anilines is 1. The predicted octanol–water partition coefficient (Wildman–Crippen LogP) is 4.14. The molecule has 0 aromatic heterocycles. The maximum Gasteiger partial charge on any atom is 0.123 e. The Kier molecular flexibility index (Phi) is 5.95. The molecule has 0 radical (unpaired) electrons. The molecule has 2 N–H and O–H groups in total. The first kappa shape index (κ1) is 19.4. The molecule has 1 aliphatic carbocycles. The van der Waals surface area contributed by atoms with Crippen LogP contribution in [-0.4, -0.2) is 36.1 Å². The highest BCUT2D eigenvalue weighted by Gasteiger charge is 2.52. The van der Waals surface area contributed by atoms with Crippen LogP contribution in [0.4, 0.5) is 10.1 Å². The van der Waals surface area contributed by atoms with Crippen molar-refractivity contribution in [2.24, 2.45) is 5.92 Å². The lowest BCUT2D eigenvalue weighted by molar-refractivity contribution is -0.198. The van der Waals surface area contributed by atoms with Crippen molar-refractivity contribution in [1.82, 2.24) is 0 Å². The van der Waals surface area contributed by atoms with Gasteiger partial charge in [0.1, 0.15) is 11.4 Å². The standard InChI is InChI=1S/C23H28FNO3/c24-19-8-10-20(11-9-19)25-21-12-7-18(22-23(21,26)13-4-14-28-22)16-27-15-17-5-2-1-3-6-17/h1-3,5-6,8-11,18,21-22,25-26H,4,7,12-16H2/t18?,21-,22?,23?/m1/s1. The van der Waals surface area contributed by atoms with Crippen molar-refractivity contribution >= 4 is 5.69 Å². The van der Waals surface area contributed by atoms with Crippen molar-refractivity contribution in [1.29, 1.82) is 0 Å². The van der Waals surface area contributed by atoms with Crippen molar-refractivity contribution < 1.29 is 19.0 Å². The lowest BCUT2D eigenvalue weighted by Crippen LogP contribution is -2.64. The molecule has 1 heterocycles. The Bertz CT molecular complexity index is 754. The molecule has 5 heteroatoms. The smallest absolute Gasteiger partial charge is 0.123 e. The van der Waals surface area contributed by atoms with E-state index in [1.165, 1.54) is 12.1 Å². The molecule has 1 saturated heterocycles. The monoisotopic (exact) mass is 385 g/mol. The molecule has 2 aliphatic rings. The Morgan fingerprint density at radius 2 is 1.89 bits per heavy atom. The van der Waals surface area contributed by atoms with Crippen molar-refractivity contribution in [3.8, 4) is 0 Å². The molecule has 1 aliphatic heterocycles. The van der Waals surface area contributed by atoms with E-state index in [4.69, 9.17) is 9.47 Å². The fourth-order valence-corrected chi connectivity index (χ4v) is 4.57. The Morgan fingerprint density at radius 1 is 1.11 bits per heavy atom. The molecule has 1 saturated carbocycles. The van der Waals surface area contributed by atoms with E-state index in [2.05, 4.69) is 17.4 Å². The molecule has 2 fully saturated rings. The second-order valence-electron chi connectivity index (χ2n) is 7.93. The number of aliphatic hydroxyl groups is 1. The number of rotatable bonds is 6. The molecular formula is C23H28FNO3. The quantitative estimate of drug-likeness (QED) is 0.785. The minimum atomic E-state index is -0.939. The summed E-state index contributed by atoms with van der Waals surface area (Å²) in [5.41, 5.74) is 1.03. The first-order valence-electron chi connectivity index (χ1n) is 10.1. The fourth-order valence-electron chi connectivity index (χ4n) is 4.57. The molecule has 2 aromatic rings. The zero-order valence-electron chi connectivity index (χ0n) is 16.0. The molecule has 150 valence electrons. The molecule has 4 atom stereocenters. The SMILES string of the molecule is OC12CCCOC1C(COCc1ccccc1)CC[C@H]2Nc1ccc(F)cc1. The van der Waals surface area contributed by atoms with Crippen LogP contribution in [0.3, 0.4) is 0 Å². The van der Waals surface area contributed by atoms with Crippen LogP contribution in [0.15, 0.2) is 54.6 Å². The highest BCUT2D eigenvalue weighted by atomic mass is 19.1. The highest BCUT2D eigenvalue weighted by molar-refractivity contribution is 5.45. The van der Waals surface area contributed by atoms with E-state index in [1.807, 2.05) is 18.2 Å². The largest absolute Gasteiger partial charge is 0.385 e. The number of fused-ring (bicyclic) bond motifs is 1. The molecule has 2 aromatic carbocycles. The number of ether oxygens (including phenoxy) is 2. The summed E-state index contributed by atoms with van der Waals surface area (Å²) in [6, 6.07) is 16.3. The molecule has 4 nitrogen and oxygen atoms in total. The number of nitrogens with one attached hydrogen (secondary N) is 1. The summed E-state index contributed by atoms with van der Waals surface area (Å²) >= 11 is 0. The van der Waals surface area contributed by atoms with E-state index in [9.17, 15) is 9.50 Å². The number of benzene rings is 2. The summed E-state index contributed by atoms with van der Waals surface area (Å²) in [4.78, 5) is 0. The first-order valence-corrected chi connectivity index (χ1v) is 10.1. The van der Waals surface area contributed by atoms with Crippen LogP contribution in [0.5, 0.6) is 0 Å². The lowest BCUT2D eigenvalue weighted by atomic mass is 9.69. The van der Waals surface area contributed by atoms with Gasteiger partial charge in [-0.25, -0.2) is 4.39 Å². The fraction of sp³-hybridized carbons (Fsp3) is 0.478. The summed E-state index contributed by atoms with van der Waals surface area (Å²) in [6.07, 6.45) is 3.04. The number of hydrogen-bond donors (Lipinski definition) is 2. The Balaban J connectivity index is 1.41. The summed E-state index contributed by atoms with van der Waals surface area (Å²) in [6.45, 7) is 1.82. The van der Waals surface area contributed by atoms with Gasteiger partial charge in [-0.3, -0.25) is 0 Å². The average molecular weight is 385 g/mol. The van der Waals surface area contributed by atoms with E-state index >= 15 is 0 Å². The molecule has 0 bridgehead atoms. The Labute approximate surface area is 165 Å². The van der Waals surface area contributed by atoms with Gasteiger partial charge in [0, 0.05) is 18.2 Å². The van der Waals surface area contributed by atoms with E-state index < -0.39 is 5.60 Å². The number of halogens is 1. The average Bonchev–Trinajstić information content (AvgIpc) is 2.72. The van der Waals surface area contributed by atoms with Gasteiger partial charge in [-0.15, -0.1) is 0 Å². The predicted molar refractivity (Wildman–Crippen MR) is 107 cm³/mol. The van der Waals surface area contributed by atoms with Crippen LogP contribution in [0.25, 0.3) is 0 Å². The van der Waals surface area contributed by atoms with Gasteiger partial charge in [-0.2, -0.15) is 0 Å². The van der Waals surface area contributed by atoms with E-state index in [1.54, 1.807) is 12.1 Å². The summed E-state index contributed by atoms with van der Waals surface area (Å²) in [7, 11) is 0. The third-order valence-electron chi connectivity index (χ3n) is 6.00. The lowest BCUT2D eigenvalue weighted by Gasteiger charge is -2.51. The Hall–Kier alpha value is -1.95. The summed E-state index contributed by atoms with van der Waals surface area (Å²) in [5.74, 6) is -0.0947. The minimum absolute atomic E-state index is 0.117.